The number of hydrogen-bond acceptors (Lipinski definition) is 4. The largest absolute Gasteiger partial charge is 0.497 e. The summed E-state index contributed by atoms with van der Waals surface area (Å²) < 4.78 is 32.6. The second-order valence-electron chi connectivity index (χ2n) is 6.48. The summed E-state index contributed by atoms with van der Waals surface area (Å²) >= 11 is 0. The molecule has 27 heavy (non-hydrogen) atoms. The van der Waals surface area contributed by atoms with Crippen molar-refractivity contribution in [3.63, 3.8) is 0 Å². The van der Waals surface area contributed by atoms with Crippen molar-refractivity contribution in [2.75, 3.05) is 43.5 Å². The summed E-state index contributed by atoms with van der Waals surface area (Å²) in [6.07, 6.45) is 0. The Morgan fingerprint density at radius 2 is 1.63 bits per heavy atom. The minimum absolute atomic E-state index is 0.397. The predicted molar refractivity (Wildman–Crippen MR) is 101 cm³/mol. The number of piperazine rings is 1. The molecular weight excluding hydrogens is 352 g/mol. The van der Waals surface area contributed by atoms with Crippen molar-refractivity contribution < 1.29 is 18.3 Å². The first-order valence-electron chi connectivity index (χ1n) is 8.87. The van der Waals surface area contributed by atoms with Gasteiger partial charge in [0.2, 0.25) is 5.91 Å². The first-order chi connectivity index (χ1) is 13.0. The SMILES string of the molecule is COc1ccc(N2CCN(C(C)C(=O)Nc3c(F)cccc3F)CC2)cc1. The van der Waals surface area contributed by atoms with Crippen LogP contribution in [0.3, 0.4) is 0 Å². The molecule has 1 unspecified atom stereocenters. The van der Waals surface area contributed by atoms with Crippen LogP contribution in [0.5, 0.6) is 5.75 Å². The quantitative estimate of drug-likeness (QED) is 0.872. The molecule has 1 heterocycles. The van der Waals surface area contributed by atoms with E-state index in [9.17, 15) is 13.6 Å². The van der Waals surface area contributed by atoms with Crippen molar-refractivity contribution in [2.24, 2.45) is 0 Å². The lowest BCUT2D eigenvalue weighted by atomic mass is 10.2. The molecule has 144 valence electrons. The third-order valence-electron chi connectivity index (χ3n) is 4.89. The van der Waals surface area contributed by atoms with Crippen LogP contribution < -0.4 is 15.0 Å². The highest BCUT2D eigenvalue weighted by Crippen LogP contribution is 2.22. The first-order valence-corrected chi connectivity index (χ1v) is 8.87. The number of anilines is 2. The van der Waals surface area contributed by atoms with Crippen LogP contribution in [0.15, 0.2) is 42.5 Å². The summed E-state index contributed by atoms with van der Waals surface area (Å²) in [5, 5.41) is 2.37. The number of amides is 1. The van der Waals surface area contributed by atoms with Crippen molar-refractivity contribution in [3.05, 3.63) is 54.1 Å². The molecule has 7 heteroatoms. The molecule has 2 aromatic carbocycles. The third-order valence-corrected chi connectivity index (χ3v) is 4.89. The van der Waals surface area contributed by atoms with E-state index in [1.54, 1.807) is 14.0 Å². The fraction of sp³-hybridized carbons (Fsp3) is 0.350. The molecule has 0 spiro atoms. The molecule has 0 aromatic heterocycles. The van der Waals surface area contributed by atoms with Crippen molar-refractivity contribution >= 4 is 17.3 Å². The minimum Gasteiger partial charge on any atom is -0.497 e. The van der Waals surface area contributed by atoms with Crippen molar-refractivity contribution in [2.45, 2.75) is 13.0 Å². The minimum atomic E-state index is -0.778. The zero-order chi connectivity index (χ0) is 19.4. The molecular formula is C20H23F2N3O2. The van der Waals surface area contributed by atoms with Gasteiger partial charge in [-0.05, 0) is 43.3 Å². The number of carbonyl (C=O) groups excluding carboxylic acids is 1. The van der Waals surface area contributed by atoms with E-state index in [2.05, 4.69) is 10.2 Å². The molecule has 1 atom stereocenters. The highest BCUT2D eigenvalue weighted by molar-refractivity contribution is 5.94. The Labute approximate surface area is 157 Å². The van der Waals surface area contributed by atoms with Gasteiger partial charge in [-0.1, -0.05) is 6.07 Å². The smallest absolute Gasteiger partial charge is 0.241 e. The van der Waals surface area contributed by atoms with Gasteiger partial charge in [0.1, 0.15) is 23.1 Å². The van der Waals surface area contributed by atoms with Crippen LogP contribution in [0.4, 0.5) is 20.2 Å². The molecule has 1 aliphatic heterocycles. The van der Waals surface area contributed by atoms with Crippen LogP contribution in [0.1, 0.15) is 6.92 Å². The van der Waals surface area contributed by atoms with E-state index >= 15 is 0 Å². The summed E-state index contributed by atoms with van der Waals surface area (Å²) in [7, 11) is 1.63. The van der Waals surface area contributed by atoms with Gasteiger partial charge >= 0.3 is 0 Å². The summed E-state index contributed by atoms with van der Waals surface area (Å²) in [6.45, 7) is 4.63. The second kappa shape index (κ2) is 8.35. The van der Waals surface area contributed by atoms with Crippen LogP contribution >= 0.6 is 0 Å². The zero-order valence-corrected chi connectivity index (χ0v) is 15.4. The summed E-state index contributed by atoms with van der Waals surface area (Å²) in [4.78, 5) is 16.7. The van der Waals surface area contributed by atoms with Gasteiger partial charge in [0.05, 0.1) is 13.2 Å². The number of nitrogens with zero attached hydrogens (tertiary/aromatic N) is 2. The molecule has 5 nitrogen and oxygen atoms in total. The first kappa shape index (κ1) is 19.1. The van der Waals surface area contributed by atoms with Crippen LogP contribution in [0, 0.1) is 11.6 Å². The van der Waals surface area contributed by atoms with Gasteiger partial charge in [-0.2, -0.15) is 0 Å². The average Bonchev–Trinajstić information content (AvgIpc) is 2.70. The molecule has 0 saturated carbocycles. The van der Waals surface area contributed by atoms with Crippen molar-refractivity contribution in [1.29, 1.82) is 0 Å². The lowest BCUT2D eigenvalue weighted by Crippen LogP contribution is -2.52. The third kappa shape index (κ3) is 4.36. The fourth-order valence-electron chi connectivity index (χ4n) is 3.17. The van der Waals surface area contributed by atoms with E-state index < -0.39 is 29.3 Å². The molecule has 0 bridgehead atoms. The molecule has 2 aromatic rings. The van der Waals surface area contributed by atoms with E-state index in [1.165, 1.54) is 6.07 Å². The maximum Gasteiger partial charge on any atom is 0.241 e. The van der Waals surface area contributed by atoms with Gasteiger partial charge in [0.25, 0.3) is 0 Å². The molecule has 1 fully saturated rings. The Morgan fingerprint density at radius 3 is 2.19 bits per heavy atom. The monoisotopic (exact) mass is 375 g/mol. The average molecular weight is 375 g/mol. The Kier molecular flexibility index (Phi) is 5.91. The van der Waals surface area contributed by atoms with Crippen LogP contribution in [0.25, 0.3) is 0 Å². The van der Waals surface area contributed by atoms with Crippen molar-refractivity contribution in [3.8, 4) is 5.75 Å². The Bertz CT molecular complexity index is 770. The number of carbonyl (C=O) groups is 1. The number of halogens is 2. The number of para-hydroxylation sites is 1. The topological polar surface area (TPSA) is 44.8 Å². The number of ether oxygens (including phenoxy) is 1. The lowest BCUT2D eigenvalue weighted by Gasteiger charge is -2.38. The van der Waals surface area contributed by atoms with Gasteiger partial charge in [-0.15, -0.1) is 0 Å². The number of benzene rings is 2. The van der Waals surface area contributed by atoms with Gasteiger partial charge in [-0.25, -0.2) is 8.78 Å². The van der Waals surface area contributed by atoms with E-state index in [-0.39, 0.29) is 0 Å². The Morgan fingerprint density at radius 1 is 1.04 bits per heavy atom. The molecule has 0 aliphatic carbocycles. The Balaban J connectivity index is 1.57. The molecule has 1 N–H and O–H groups in total. The Hall–Kier alpha value is -2.67. The lowest BCUT2D eigenvalue weighted by molar-refractivity contribution is -0.120. The molecule has 1 aliphatic rings. The van der Waals surface area contributed by atoms with E-state index in [4.69, 9.17) is 4.74 Å². The summed E-state index contributed by atoms with van der Waals surface area (Å²) in [5.74, 6) is -1.17. The predicted octanol–water partition coefficient (Wildman–Crippen LogP) is 3.12. The maximum atomic E-state index is 13.7. The van der Waals surface area contributed by atoms with Crippen LogP contribution in [-0.4, -0.2) is 50.1 Å². The van der Waals surface area contributed by atoms with Crippen LogP contribution in [-0.2, 0) is 4.79 Å². The number of rotatable bonds is 5. The van der Waals surface area contributed by atoms with E-state index in [1.807, 2.05) is 29.2 Å². The maximum absolute atomic E-state index is 13.7. The number of methoxy groups -OCH3 is 1. The highest BCUT2D eigenvalue weighted by atomic mass is 19.1. The molecule has 3 rings (SSSR count). The second-order valence-corrected chi connectivity index (χ2v) is 6.48. The van der Waals surface area contributed by atoms with Gasteiger partial charge < -0.3 is 15.0 Å². The highest BCUT2D eigenvalue weighted by Gasteiger charge is 2.26. The fourth-order valence-corrected chi connectivity index (χ4v) is 3.17. The summed E-state index contributed by atoms with van der Waals surface area (Å²) in [6, 6.07) is 10.9. The molecule has 0 radical (unpaired) electrons. The normalized spacial score (nSPS) is 16.1. The van der Waals surface area contributed by atoms with E-state index in [0.717, 1.165) is 36.7 Å². The number of nitrogens with one attached hydrogen (secondary N) is 1. The van der Waals surface area contributed by atoms with Gasteiger partial charge in [0, 0.05) is 31.9 Å². The number of hydrogen-bond donors (Lipinski definition) is 1. The standard InChI is InChI=1S/C20H23F2N3O2/c1-14(20(26)23-19-17(21)4-3-5-18(19)22)24-10-12-25(13-11-24)15-6-8-16(27-2)9-7-15/h3-9,14H,10-13H2,1-2H3,(H,23,26). The van der Waals surface area contributed by atoms with E-state index in [0.29, 0.717) is 13.1 Å². The van der Waals surface area contributed by atoms with Crippen molar-refractivity contribution in [1.82, 2.24) is 4.90 Å². The molecule has 1 amide bonds. The van der Waals surface area contributed by atoms with Gasteiger partial charge in [-0.3, -0.25) is 9.69 Å². The van der Waals surface area contributed by atoms with Gasteiger partial charge in [0.15, 0.2) is 0 Å². The zero-order valence-electron chi connectivity index (χ0n) is 15.4. The molecule has 1 saturated heterocycles. The summed E-state index contributed by atoms with van der Waals surface area (Å²) in [5.41, 5.74) is 0.701. The van der Waals surface area contributed by atoms with Crippen LogP contribution in [0.2, 0.25) is 0 Å².